The number of nitro benzene ring substituents is 1. The van der Waals surface area contributed by atoms with Crippen molar-refractivity contribution in [2.24, 2.45) is 0 Å². The fourth-order valence-corrected chi connectivity index (χ4v) is 2.35. The summed E-state index contributed by atoms with van der Waals surface area (Å²) in [6, 6.07) is 12.7. The molecule has 0 spiro atoms. The molecule has 0 unspecified atom stereocenters. The molecule has 0 aliphatic heterocycles. The molecule has 2 rings (SSSR count). The maximum absolute atomic E-state index is 12.4. The van der Waals surface area contributed by atoms with Crippen molar-refractivity contribution < 1.29 is 14.5 Å². The SMILES string of the molecule is CCCCOc1ccccc1C(=O)NC(=S)Nc1cccc([N+](=O)[O-])c1. The highest BCUT2D eigenvalue weighted by Gasteiger charge is 2.14. The monoisotopic (exact) mass is 373 g/mol. The van der Waals surface area contributed by atoms with Crippen LogP contribution in [0.5, 0.6) is 5.75 Å². The maximum atomic E-state index is 12.4. The predicted octanol–water partition coefficient (Wildman–Crippen LogP) is 3.90. The van der Waals surface area contributed by atoms with Gasteiger partial charge in [0.1, 0.15) is 5.75 Å². The number of para-hydroxylation sites is 1. The van der Waals surface area contributed by atoms with Crippen LogP contribution in [0.4, 0.5) is 11.4 Å². The predicted molar refractivity (Wildman–Crippen MR) is 104 cm³/mol. The molecule has 0 heterocycles. The third kappa shape index (κ3) is 5.52. The molecule has 8 heteroatoms. The van der Waals surface area contributed by atoms with Gasteiger partial charge in [0, 0.05) is 17.8 Å². The van der Waals surface area contributed by atoms with Crippen molar-refractivity contribution in [3.05, 3.63) is 64.2 Å². The summed E-state index contributed by atoms with van der Waals surface area (Å²) in [5, 5.41) is 16.2. The standard InChI is InChI=1S/C18H19N3O4S/c1-2-3-11-25-16-10-5-4-9-15(16)17(22)20-18(26)19-13-7-6-8-14(12-13)21(23)24/h4-10,12H,2-3,11H2,1H3,(H2,19,20,22,26). The molecule has 0 fully saturated rings. The number of amides is 1. The molecule has 0 aromatic heterocycles. The summed E-state index contributed by atoms with van der Waals surface area (Å²) in [5.74, 6) is 0.0663. The number of nitrogens with zero attached hydrogens (tertiary/aromatic N) is 1. The van der Waals surface area contributed by atoms with Gasteiger partial charge >= 0.3 is 0 Å². The molecule has 2 aromatic carbocycles. The van der Waals surface area contributed by atoms with Crippen LogP contribution in [-0.2, 0) is 0 Å². The quantitative estimate of drug-likeness (QED) is 0.331. The van der Waals surface area contributed by atoms with Crippen molar-refractivity contribution in [2.75, 3.05) is 11.9 Å². The second kappa shape index (κ2) is 9.47. The van der Waals surface area contributed by atoms with E-state index in [9.17, 15) is 14.9 Å². The first-order chi connectivity index (χ1) is 12.5. The Bertz CT molecular complexity index is 811. The number of hydrogen-bond donors (Lipinski definition) is 2. The van der Waals surface area contributed by atoms with Gasteiger partial charge in [0.15, 0.2) is 5.11 Å². The van der Waals surface area contributed by atoms with Crippen molar-refractivity contribution in [1.29, 1.82) is 0 Å². The zero-order valence-corrected chi connectivity index (χ0v) is 15.0. The lowest BCUT2D eigenvalue weighted by Crippen LogP contribution is -2.34. The van der Waals surface area contributed by atoms with Gasteiger partial charge in [-0.05, 0) is 36.8 Å². The second-order valence-corrected chi connectivity index (χ2v) is 5.82. The topological polar surface area (TPSA) is 93.5 Å². The minimum absolute atomic E-state index is 0.0406. The van der Waals surface area contributed by atoms with Crippen LogP contribution >= 0.6 is 12.2 Å². The summed E-state index contributed by atoms with van der Waals surface area (Å²) in [5.41, 5.74) is 0.711. The van der Waals surface area contributed by atoms with Crippen LogP contribution in [0.25, 0.3) is 0 Å². The molecule has 0 aliphatic carbocycles. The first kappa shape index (κ1) is 19.3. The first-order valence-electron chi connectivity index (χ1n) is 8.10. The Morgan fingerprint density at radius 2 is 2.00 bits per heavy atom. The van der Waals surface area contributed by atoms with Gasteiger partial charge in [-0.2, -0.15) is 0 Å². The Balaban J connectivity index is 2.02. The Labute approximate surface area is 156 Å². The number of carbonyl (C=O) groups excluding carboxylic acids is 1. The minimum atomic E-state index is -0.503. The van der Waals surface area contributed by atoms with Crippen LogP contribution in [0.15, 0.2) is 48.5 Å². The van der Waals surface area contributed by atoms with Crippen LogP contribution in [0.3, 0.4) is 0 Å². The number of benzene rings is 2. The number of nitrogens with one attached hydrogen (secondary N) is 2. The average Bonchev–Trinajstić information content (AvgIpc) is 2.62. The smallest absolute Gasteiger partial charge is 0.271 e. The number of anilines is 1. The van der Waals surface area contributed by atoms with E-state index in [0.29, 0.717) is 23.6 Å². The van der Waals surface area contributed by atoms with E-state index in [1.54, 1.807) is 30.3 Å². The van der Waals surface area contributed by atoms with Crippen LogP contribution in [0.1, 0.15) is 30.1 Å². The number of carbonyl (C=O) groups is 1. The third-order valence-corrected chi connectivity index (χ3v) is 3.63. The van der Waals surface area contributed by atoms with E-state index in [2.05, 4.69) is 17.6 Å². The number of thiocarbonyl (C=S) groups is 1. The molecule has 1 amide bonds. The normalized spacial score (nSPS) is 10.0. The lowest BCUT2D eigenvalue weighted by Gasteiger charge is -2.13. The Morgan fingerprint density at radius 1 is 1.23 bits per heavy atom. The zero-order chi connectivity index (χ0) is 18.9. The summed E-state index contributed by atoms with van der Waals surface area (Å²) in [6.45, 7) is 2.58. The summed E-state index contributed by atoms with van der Waals surface area (Å²) in [4.78, 5) is 22.8. The van der Waals surface area contributed by atoms with E-state index in [-0.39, 0.29) is 10.8 Å². The largest absolute Gasteiger partial charge is 0.493 e. The Morgan fingerprint density at radius 3 is 2.73 bits per heavy atom. The van der Waals surface area contributed by atoms with Gasteiger partial charge in [0.2, 0.25) is 0 Å². The third-order valence-electron chi connectivity index (χ3n) is 3.43. The van der Waals surface area contributed by atoms with Crippen molar-refractivity contribution in [1.82, 2.24) is 5.32 Å². The highest BCUT2D eigenvalue weighted by atomic mass is 32.1. The van der Waals surface area contributed by atoms with Crippen LogP contribution < -0.4 is 15.4 Å². The van der Waals surface area contributed by atoms with Gasteiger partial charge < -0.3 is 10.1 Å². The number of unbranched alkanes of at least 4 members (excludes halogenated alkanes) is 1. The molecule has 26 heavy (non-hydrogen) atoms. The van der Waals surface area contributed by atoms with Crippen molar-refractivity contribution in [2.45, 2.75) is 19.8 Å². The van der Waals surface area contributed by atoms with E-state index in [1.165, 1.54) is 18.2 Å². The number of ether oxygens (including phenoxy) is 1. The Kier molecular flexibility index (Phi) is 7.04. The summed E-state index contributed by atoms with van der Waals surface area (Å²) < 4.78 is 5.64. The molecular formula is C18H19N3O4S. The minimum Gasteiger partial charge on any atom is -0.493 e. The fraction of sp³-hybridized carbons (Fsp3) is 0.222. The molecule has 7 nitrogen and oxygen atoms in total. The molecule has 2 N–H and O–H groups in total. The van der Waals surface area contributed by atoms with Crippen molar-refractivity contribution in [3.8, 4) is 5.75 Å². The molecule has 0 saturated heterocycles. The highest BCUT2D eigenvalue weighted by Crippen LogP contribution is 2.19. The number of hydrogen-bond acceptors (Lipinski definition) is 5. The van der Waals surface area contributed by atoms with E-state index >= 15 is 0 Å². The van der Waals surface area contributed by atoms with Crippen LogP contribution in [-0.4, -0.2) is 22.5 Å². The molecule has 2 aromatic rings. The van der Waals surface area contributed by atoms with Gasteiger partial charge in [0.25, 0.3) is 11.6 Å². The molecule has 0 saturated carbocycles. The fourth-order valence-electron chi connectivity index (χ4n) is 2.14. The van der Waals surface area contributed by atoms with Gasteiger partial charge in [-0.15, -0.1) is 0 Å². The van der Waals surface area contributed by atoms with Gasteiger partial charge in [-0.3, -0.25) is 20.2 Å². The van der Waals surface area contributed by atoms with E-state index in [1.807, 2.05) is 0 Å². The zero-order valence-electron chi connectivity index (χ0n) is 14.2. The molecule has 0 aliphatic rings. The van der Waals surface area contributed by atoms with E-state index in [0.717, 1.165) is 12.8 Å². The Hall–Kier alpha value is -3.00. The lowest BCUT2D eigenvalue weighted by atomic mass is 10.2. The summed E-state index contributed by atoms with van der Waals surface area (Å²) in [6.07, 6.45) is 1.88. The molecule has 0 atom stereocenters. The number of nitro groups is 1. The molecule has 136 valence electrons. The van der Waals surface area contributed by atoms with Crippen molar-refractivity contribution in [3.63, 3.8) is 0 Å². The summed E-state index contributed by atoms with van der Waals surface area (Å²) >= 11 is 5.12. The maximum Gasteiger partial charge on any atom is 0.271 e. The number of rotatable bonds is 7. The van der Waals surface area contributed by atoms with Crippen LogP contribution in [0, 0.1) is 10.1 Å². The lowest BCUT2D eigenvalue weighted by molar-refractivity contribution is -0.384. The van der Waals surface area contributed by atoms with Gasteiger partial charge in [-0.1, -0.05) is 31.5 Å². The van der Waals surface area contributed by atoms with Gasteiger partial charge in [0.05, 0.1) is 17.1 Å². The number of non-ortho nitro benzene ring substituents is 1. The average molecular weight is 373 g/mol. The van der Waals surface area contributed by atoms with E-state index in [4.69, 9.17) is 17.0 Å². The second-order valence-electron chi connectivity index (χ2n) is 5.41. The molecule has 0 radical (unpaired) electrons. The van der Waals surface area contributed by atoms with E-state index < -0.39 is 10.8 Å². The molecule has 0 bridgehead atoms. The molecular weight excluding hydrogens is 354 g/mol. The highest BCUT2D eigenvalue weighted by molar-refractivity contribution is 7.80. The summed E-state index contributed by atoms with van der Waals surface area (Å²) in [7, 11) is 0. The first-order valence-corrected chi connectivity index (χ1v) is 8.50. The van der Waals surface area contributed by atoms with Crippen molar-refractivity contribution >= 4 is 34.6 Å². The van der Waals surface area contributed by atoms with Gasteiger partial charge in [-0.25, -0.2) is 0 Å². The van der Waals surface area contributed by atoms with Crippen LogP contribution in [0.2, 0.25) is 0 Å².